The predicted octanol–water partition coefficient (Wildman–Crippen LogP) is 3.10. The summed E-state index contributed by atoms with van der Waals surface area (Å²) in [5, 5.41) is 3.48. The van der Waals surface area contributed by atoms with E-state index in [0.717, 1.165) is 19.4 Å². The van der Waals surface area contributed by atoms with Crippen molar-refractivity contribution in [3.63, 3.8) is 0 Å². The third kappa shape index (κ3) is 4.30. The molecule has 2 rings (SSSR count). The van der Waals surface area contributed by atoms with Gasteiger partial charge in [0.25, 0.3) is 0 Å². The Kier molecular flexibility index (Phi) is 6.51. The van der Waals surface area contributed by atoms with Crippen LogP contribution in [0, 0.1) is 0 Å². The second-order valence-corrected chi connectivity index (χ2v) is 5.52. The topological polar surface area (TPSA) is 30.5 Å². The van der Waals surface area contributed by atoms with Gasteiger partial charge in [-0.25, -0.2) is 0 Å². The minimum atomic E-state index is 0.253. The number of methoxy groups -OCH3 is 1. The molecule has 0 spiro atoms. The van der Waals surface area contributed by atoms with Crippen LogP contribution in [0.3, 0.4) is 0 Å². The minimum Gasteiger partial charge on any atom is -0.383 e. The molecule has 0 radical (unpaired) electrons. The van der Waals surface area contributed by atoms with Gasteiger partial charge < -0.3 is 14.8 Å². The van der Waals surface area contributed by atoms with E-state index < -0.39 is 0 Å². The normalized spacial score (nSPS) is 19.6. The zero-order chi connectivity index (χ0) is 14.2. The van der Waals surface area contributed by atoms with Gasteiger partial charge in [0.05, 0.1) is 25.4 Å². The second kappa shape index (κ2) is 8.40. The molecule has 0 aliphatic heterocycles. The van der Waals surface area contributed by atoms with Crippen LogP contribution in [0.5, 0.6) is 0 Å². The summed E-state index contributed by atoms with van der Waals surface area (Å²) in [4.78, 5) is 0. The highest BCUT2D eigenvalue weighted by atomic mass is 16.5. The van der Waals surface area contributed by atoms with Crippen molar-refractivity contribution in [2.45, 2.75) is 44.8 Å². The molecule has 3 heteroatoms. The Labute approximate surface area is 122 Å². The molecule has 20 heavy (non-hydrogen) atoms. The standard InChI is InChI=1S/C17H27NO2/c1-3-11-18-15(12-19-2)13-20-17-10-6-8-14-7-4-5-9-16(14)17/h4-5,7,9,15,17-18H,3,6,8,10-13H2,1-2H3. The number of rotatable bonds is 8. The maximum atomic E-state index is 6.18. The largest absolute Gasteiger partial charge is 0.383 e. The van der Waals surface area contributed by atoms with E-state index in [1.807, 2.05) is 0 Å². The molecule has 1 aromatic carbocycles. The summed E-state index contributed by atoms with van der Waals surface area (Å²) in [7, 11) is 1.75. The van der Waals surface area contributed by atoms with Crippen LogP contribution >= 0.6 is 0 Å². The fraction of sp³-hybridized carbons (Fsp3) is 0.647. The average molecular weight is 277 g/mol. The first kappa shape index (κ1) is 15.5. The van der Waals surface area contributed by atoms with Crippen LogP contribution < -0.4 is 5.32 Å². The lowest BCUT2D eigenvalue weighted by Gasteiger charge is -2.27. The molecule has 0 amide bonds. The van der Waals surface area contributed by atoms with Gasteiger partial charge in [0.15, 0.2) is 0 Å². The van der Waals surface area contributed by atoms with Gasteiger partial charge in [-0.3, -0.25) is 0 Å². The second-order valence-electron chi connectivity index (χ2n) is 5.52. The average Bonchev–Trinajstić information content (AvgIpc) is 2.50. The van der Waals surface area contributed by atoms with Gasteiger partial charge in [-0.1, -0.05) is 31.2 Å². The molecule has 0 saturated heterocycles. The van der Waals surface area contributed by atoms with Crippen molar-refractivity contribution in [3.05, 3.63) is 35.4 Å². The first-order chi connectivity index (χ1) is 9.85. The Morgan fingerprint density at radius 2 is 2.15 bits per heavy atom. The maximum Gasteiger partial charge on any atom is 0.0828 e. The maximum absolute atomic E-state index is 6.18. The van der Waals surface area contributed by atoms with E-state index in [1.165, 1.54) is 24.0 Å². The van der Waals surface area contributed by atoms with E-state index in [2.05, 4.69) is 36.5 Å². The van der Waals surface area contributed by atoms with Gasteiger partial charge in [0.1, 0.15) is 0 Å². The summed E-state index contributed by atoms with van der Waals surface area (Å²) in [6.07, 6.45) is 4.92. The number of nitrogens with one attached hydrogen (secondary N) is 1. The number of fused-ring (bicyclic) bond motifs is 1. The minimum absolute atomic E-state index is 0.253. The van der Waals surface area contributed by atoms with Gasteiger partial charge in [-0.05, 0) is 43.4 Å². The first-order valence-corrected chi connectivity index (χ1v) is 7.76. The fourth-order valence-electron chi connectivity index (χ4n) is 2.83. The van der Waals surface area contributed by atoms with Crippen LogP contribution in [-0.4, -0.2) is 32.9 Å². The molecule has 1 N–H and O–H groups in total. The molecule has 1 aliphatic rings. The van der Waals surface area contributed by atoms with E-state index >= 15 is 0 Å². The molecule has 1 aliphatic carbocycles. The molecule has 3 nitrogen and oxygen atoms in total. The molecular formula is C17H27NO2. The number of hydrogen-bond acceptors (Lipinski definition) is 3. The van der Waals surface area contributed by atoms with Crippen LogP contribution in [-0.2, 0) is 15.9 Å². The highest BCUT2D eigenvalue weighted by Crippen LogP contribution is 2.32. The Morgan fingerprint density at radius 3 is 2.95 bits per heavy atom. The molecule has 112 valence electrons. The van der Waals surface area contributed by atoms with Crippen LogP contribution in [0.4, 0.5) is 0 Å². The van der Waals surface area contributed by atoms with Crippen molar-refractivity contribution < 1.29 is 9.47 Å². The van der Waals surface area contributed by atoms with Gasteiger partial charge in [-0.15, -0.1) is 0 Å². The van der Waals surface area contributed by atoms with E-state index in [1.54, 1.807) is 7.11 Å². The van der Waals surface area contributed by atoms with E-state index in [-0.39, 0.29) is 12.1 Å². The Balaban J connectivity index is 1.89. The number of hydrogen-bond donors (Lipinski definition) is 1. The van der Waals surface area contributed by atoms with Crippen LogP contribution in [0.1, 0.15) is 43.4 Å². The lowest BCUT2D eigenvalue weighted by molar-refractivity contribution is 0.0115. The Bertz CT molecular complexity index is 394. The van der Waals surface area contributed by atoms with Crippen molar-refractivity contribution >= 4 is 0 Å². The van der Waals surface area contributed by atoms with E-state index in [4.69, 9.17) is 9.47 Å². The monoisotopic (exact) mass is 277 g/mol. The van der Waals surface area contributed by atoms with E-state index in [0.29, 0.717) is 13.2 Å². The van der Waals surface area contributed by atoms with Crippen molar-refractivity contribution in [1.82, 2.24) is 5.32 Å². The fourth-order valence-corrected chi connectivity index (χ4v) is 2.83. The smallest absolute Gasteiger partial charge is 0.0828 e. The molecule has 0 heterocycles. The number of ether oxygens (including phenoxy) is 2. The summed E-state index contributed by atoms with van der Waals surface area (Å²) in [6, 6.07) is 8.96. The SMILES string of the molecule is CCCNC(COC)COC1CCCc2ccccc21. The molecule has 2 unspecified atom stereocenters. The van der Waals surface area contributed by atoms with Crippen molar-refractivity contribution in [3.8, 4) is 0 Å². The Hall–Kier alpha value is -0.900. The van der Waals surface area contributed by atoms with Crippen molar-refractivity contribution in [1.29, 1.82) is 0 Å². The molecular weight excluding hydrogens is 250 g/mol. The van der Waals surface area contributed by atoms with Gasteiger partial charge in [-0.2, -0.15) is 0 Å². The quantitative estimate of drug-likeness (QED) is 0.792. The summed E-state index contributed by atoms with van der Waals surface area (Å²) in [5.74, 6) is 0. The molecule has 0 fully saturated rings. The predicted molar refractivity (Wildman–Crippen MR) is 82.0 cm³/mol. The van der Waals surface area contributed by atoms with Gasteiger partial charge >= 0.3 is 0 Å². The lowest BCUT2D eigenvalue weighted by atomic mass is 9.89. The third-order valence-corrected chi connectivity index (χ3v) is 3.86. The summed E-state index contributed by atoms with van der Waals surface area (Å²) in [6.45, 7) is 4.61. The van der Waals surface area contributed by atoms with Crippen molar-refractivity contribution in [2.75, 3.05) is 26.9 Å². The summed E-state index contributed by atoms with van der Waals surface area (Å²) in [5.41, 5.74) is 2.83. The van der Waals surface area contributed by atoms with Crippen LogP contribution in [0.15, 0.2) is 24.3 Å². The summed E-state index contributed by atoms with van der Waals surface area (Å²) >= 11 is 0. The summed E-state index contributed by atoms with van der Waals surface area (Å²) < 4.78 is 11.4. The highest BCUT2D eigenvalue weighted by molar-refractivity contribution is 5.31. The first-order valence-electron chi connectivity index (χ1n) is 7.76. The number of aryl methyl sites for hydroxylation is 1. The third-order valence-electron chi connectivity index (χ3n) is 3.86. The van der Waals surface area contributed by atoms with Gasteiger partial charge in [0.2, 0.25) is 0 Å². The van der Waals surface area contributed by atoms with Crippen molar-refractivity contribution in [2.24, 2.45) is 0 Å². The van der Waals surface area contributed by atoms with Crippen LogP contribution in [0.25, 0.3) is 0 Å². The van der Waals surface area contributed by atoms with E-state index in [9.17, 15) is 0 Å². The zero-order valence-corrected chi connectivity index (χ0v) is 12.7. The molecule has 1 aromatic rings. The highest BCUT2D eigenvalue weighted by Gasteiger charge is 2.21. The van der Waals surface area contributed by atoms with Crippen LogP contribution in [0.2, 0.25) is 0 Å². The molecule has 0 bridgehead atoms. The zero-order valence-electron chi connectivity index (χ0n) is 12.7. The Morgan fingerprint density at radius 1 is 1.30 bits per heavy atom. The molecule has 0 aromatic heterocycles. The number of benzene rings is 1. The lowest BCUT2D eigenvalue weighted by Crippen LogP contribution is -2.38. The molecule has 0 saturated carbocycles. The molecule has 2 atom stereocenters. The van der Waals surface area contributed by atoms with Gasteiger partial charge in [0, 0.05) is 7.11 Å².